The minimum Gasteiger partial charge on any atom is -0.508 e. The fourth-order valence-electron chi connectivity index (χ4n) is 3.48. The molecule has 0 radical (unpaired) electrons. The second-order valence-corrected chi connectivity index (χ2v) is 8.37. The molecule has 1 atom stereocenters. The summed E-state index contributed by atoms with van der Waals surface area (Å²) in [4.78, 5) is 11.3. The lowest BCUT2D eigenvalue weighted by Gasteiger charge is -2.32. The fourth-order valence-corrected chi connectivity index (χ4v) is 3.48. The summed E-state index contributed by atoms with van der Waals surface area (Å²) in [5.41, 5.74) is 3.17. The molecule has 0 unspecified atom stereocenters. The van der Waals surface area contributed by atoms with Gasteiger partial charge in [0, 0.05) is 11.1 Å². The number of unbranched alkanes of at least 4 members (excludes halogenated alkanes) is 1. The van der Waals surface area contributed by atoms with Crippen molar-refractivity contribution in [1.82, 2.24) is 0 Å². The Morgan fingerprint density at radius 3 is 2.53 bits per heavy atom. The van der Waals surface area contributed by atoms with Gasteiger partial charge in [-0.2, -0.15) is 0 Å². The predicted octanol–water partition coefficient (Wildman–Crippen LogP) is 6.74. The van der Waals surface area contributed by atoms with Crippen molar-refractivity contribution in [2.45, 2.75) is 71.8 Å². The quantitative estimate of drug-likeness (QED) is 0.255. The summed E-state index contributed by atoms with van der Waals surface area (Å²) < 4.78 is 6.23. The molecule has 30 heavy (non-hydrogen) atoms. The lowest BCUT2D eigenvalue weighted by atomic mass is 9.94. The lowest BCUT2D eigenvalue weighted by molar-refractivity contribution is -0.132. The minimum atomic E-state index is -0.820. The van der Waals surface area contributed by atoms with Crippen LogP contribution in [-0.2, 0) is 4.79 Å². The number of aromatic hydroxyl groups is 1. The average molecular weight is 411 g/mol. The number of allylic oxidation sites excluding steroid dienone is 5. The van der Waals surface area contributed by atoms with Crippen molar-refractivity contribution >= 4 is 12.0 Å². The van der Waals surface area contributed by atoms with E-state index in [1.807, 2.05) is 32.9 Å². The second-order valence-electron chi connectivity index (χ2n) is 8.37. The molecular formula is C26H34O4. The fraction of sp³-hybridized carbons (Fsp3) is 0.423. The molecule has 0 amide bonds. The monoisotopic (exact) mass is 410 g/mol. The molecule has 1 aromatic rings. The molecule has 0 spiro atoms. The third kappa shape index (κ3) is 7.25. The molecule has 0 aromatic heterocycles. The molecule has 0 saturated heterocycles. The molecule has 1 aliphatic rings. The second kappa shape index (κ2) is 10.9. The van der Waals surface area contributed by atoms with Crippen LogP contribution in [0.4, 0.5) is 0 Å². The number of carboxylic acid groups (broad SMARTS) is 1. The van der Waals surface area contributed by atoms with Gasteiger partial charge < -0.3 is 14.9 Å². The van der Waals surface area contributed by atoms with Gasteiger partial charge in [0.1, 0.15) is 17.1 Å². The molecule has 0 fully saturated rings. The highest BCUT2D eigenvalue weighted by Gasteiger charge is 2.27. The van der Waals surface area contributed by atoms with Crippen LogP contribution in [0.15, 0.2) is 53.7 Å². The maximum atomic E-state index is 11.3. The van der Waals surface area contributed by atoms with Gasteiger partial charge in [-0.05, 0) is 90.0 Å². The summed E-state index contributed by atoms with van der Waals surface area (Å²) in [6.07, 6.45) is 16.9. The number of benzene rings is 1. The van der Waals surface area contributed by atoms with Gasteiger partial charge >= 0.3 is 5.97 Å². The number of phenols is 1. The predicted molar refractivity (Wildman–Crippen MR) is 123 cm³/mol. The zero-order valence-corrected chi connectivity index (χ0v) is 18.6. The first-order valence-corrected chi connectivity index (χ1v) is 10.6. The number of fused-ring (bicyclic) bond motifs is 1. The van der Waals surface area contributed by atoms with Crippen LogP contribution in [0.25, 0.3) is 6.08 Å². The molecule has 1 aromatic carbocycles. The number of aryl methyl sites for hydroxylation is 1. The lowest BCUT2D eigenvalue weighted by Crippen LogP contribution is -2.32. The summed E-state index contributed by atoms with van der Waals surface area (Å²) in [5, 5.41) is 19.0. The van der Waals surface area contributed by atoms with E-state index in [-0.39, 0.29) is 11.4 Å². The largest absolute Gasteiger partial charge is 0.508 e. The molecular weight excluding hydrogens is 376 g/mol. The number of hydrogen-bond donors (Lipinski definition) is 2. The first-order valence-electron chi connectivity index (χ1n) is 10.6. The van der Waals surface area contributed by atoms with Crippen molar-refractivity contribution in [2.75, 3.05) is 0 Å². The van der Waals surface area contributed by atoms with E-state index >= 15 is 0 Å². The van der Waals surface area contributed by atoms with Crippen molar-refractivity contribution < 1.29 is 19.7 Å². The SMILES string of the molecule is CC(C)=CCC/C(=C/CC/C=C/CC[C@]1(C)C=Cc2cc(O)cc(C)c2O1)C(=O)O. The van der Waals surface area contributed by atoms with E-state index in [1.54, 1.807) is 12.1 Å². The van der Waals surface area contributed by atoms with E-state index in [4.69, 9.17) is 4.74 Å². The summed E-state index contributed by atoms with van der Waals surface area (Å²) in [6.45, 7) is 8.06. The van der Waals surface area contributed by atoms with Crippen LogP contribution in [0, 0.1) is 6.92 Å². The Balaban J connectivity index is 1.80. The van der Waals surface area contributed by atoms with Crippen LogP contribution in [0.1, 0.15) is 70.4 Å². The Kier molecular flexibility index (Phi) is 8.52. The van der Waals surface area contributed by atoms with Crippen molar-refractivity contribution in [3.8, 4) is 11.5 Å². The van der Waals surface area contributed by atoms with Gasteiger partial charge in [-0.25, -0.2) is 4.79 Å². The number of aliphatic carboxylic acids is 1. The highest BCUT2D eigenvalue weighted by Crippen LogP contribution is 2.38. The van der Waals surface area contributed by atoms with Crippen molar-refractivity contribution in [1.29, 1.82) is 0 Å². The Morgan fingerprint density at radius 1 is 1.10 bits per heavy atom. The smallest absolute Gasteiger partial charge is 0.331 e. The zero-order chi connectivity index (χ0) is 22.1. The maximum absolute atomic E-state index is 11.3. The van der Waals surface area contributed by atoms with E-state index in [1.165, 1.54) is 5.57 Å². The number of phenolic OH excluding ortho intramolecular Hbond substituents is 1. The van der Waals surface area contributed by atoms with Gasteiger partial charge in [0.2, 0.25) is 0 Å². The van der Waals surface area contributed by atoms with Gasteiger partial charge in [0.05, 0.1) is 0 Å². The number of hydrogen-bond acceptors (Lipinski definition) is 3. The van der Waals surface area contributed by atoms with Crippen LogP contribution >= 0.6 is 0 Å². The molecule has 2 N–H and O–H groups in total. The van der Waals surface area contributed by atoms with Gasteiger partial charge in [0.15, 0.2) is 0 Å². The number of carboxylic acids is 1. The van der Waals surface area contributed by atoms with Crippen LogP contribution in [0.2, 0.25) is 0 Å². The van der Waals surface area contributed by atoms with Crippen molar-refractivity contribution in [3.63, 3.8) is 0 Å². The van der Waals surface area contributed by atoms with Crippen LogP contribution in [0.3, 0.4) is 0 Å². The minimum absolute atomic E-state index is 0.253. The molecule has 1 aliphatic heterocycles. The molecule has 4 heteroatoms. The Bertz CT molecular complexity index is 869. The topological polar surface area (TPSA) is 66.8 Å². The number of rotatable bonds is 10. The Labute approximate surface area is 180 Å². The summed E-state index contributed by atoms with van der Waals surface area (Å²) in [5.74, 6) is 0.267. The average Bonchev–Trinajstić information content (AvgIpc) is 2.66. The van der Waals surface area contributed by atoms with Crippen molar-refractivity contribution in [3.05, 3.63) is 64.8 Å². The highest BCUT2D eigenvalue weighted by molar-refractivity contribution is 5.86. The summed E-state index contributed by atoms with van der Waals surface area (Å²) in [7, 11) is 0. The van der Waals surface area contributed by atoms with E-state index < -0.39 is 5.97 Å². The molecule has 0 bridgehead atoms. The van der Waals surface area contributed by atoms with Crippen LogP contribution in [-0.4, -0.2) is 21.8 Å². The molecule has 162 valence electrons. The first-order chi connectivity index (χ1) is 14.2. The van der Waals surface area contributed by atoms with Crippen molar-refractivity contribution in [2.24, 2.45) is 0 Å². The Hall–Kier alpha value is -2.75. The third-order valence-electron chi connectivity index (χ3n) is 5.18. The maximum Gasteiger partial charge on any atom is 0.331 e. The summed E-state index contributed by atoms with van der Waals surface area (Å²) >= 11 is 0. The van der Waals surface area contributed by atoms with Gasteiger partial charge in [-0.1, -0.05) is 36.0 Å². The molecule has 4 nitrogen and oxygen atoms in total. The van der Waals surface area contributed by atoms with E-state index in [9.17, 15) is 15.0 Å². The third-order valence-corrected chi connectivity index (χ3v) is 5.18. The molecule has 0 saturated carbocycles. The van der Waals surface area contributed by atoms with Crippen LogP contribution in [0.5, 0.6) is 11.5 Å². The molecule has 1 heterocycles. The zero-order valence-electron chi connectivity index (χ0n) is 18.6. The standard InChI is InChI=1S/C26H34O4/c1-19(2)11-10-13-21(25(28)29)12-8-6-5-7-9-15-26(4)16-14-22-18-23(27)17-20(3)24(22)30-26/h5,7,11-12,14,16-18,27H,6,8-10,13,15H2,1-4H3,(H,28,29)/b7-5+,21-12-/t26-/m1/s1. The van der Waals surface area contributed by atoms with E-state index in [0.717, 1.165) is 49.0 Å². The van der Waals surface area contributed by atoms with Crippen LogP contribution < -0.4 is 4.74 Å². The van der Waals surface area contributed by atoms with Gasteiger partial charge in [-0.3, -0.25) is 0 Å². The summed E-state index contributed by atoms with van der Waals surface area (Å²) in [6, 6.07) is 3.44. The highest BCUT2D eigenvalue weighted by atomic mass is 16.5. The van der Waals surface area contributed by atoms with Gasteiger partial charge in [0.25, 0.3) is 0 Å². The normalized spacial score (nSPS) is 18.2. The van der Waals surface area contributed by atoms with Gasteiger partial charge in [-0.15, -0.1) is 0 Å². The molecule has 2 rings (SSSR count). The number of carbonyl (C=O) groups is 1. The van der Waals surface area contributed by atoms with E-state index in [2.05, 4.69) is 31.2 Å². The molecule has 0 aliphatic carbocycles. The Morgan fingerprint density at radius 2 is 1.83 bits per heavy atom. The number of ether oxygens (including phenoxy) is 1. The first kappa shape index (κ1) is 23.5. The van der Waals surface area contributed by atoms with E-state index in [0.29, 0.717) is 12.0 Å².